The van der Waals surface area contributed by atoms with E-state index in [4.69, 9.17) is 4.74 Å². The molecule has 2 saturated heterocycles. The summed E-state index contributed by atoms with van der Waals surface area (Å²) in [5.74, 6) is 0.531. The number of rotatable bonds is 4. The van der Waals surface area contributed by atoms with E-state index < -0.39 is 0 Å². The fourth-order valence-corrected chi connectivity index (χ4v) is 7.78. The topological polar surface area (TPSA) is 84.0 Å². The van der Waals surface area contributed by atoms with Gasteiger partial charge >= 0.3 is 0 Å². The minimum atomic E-state index is -0.225. The molecule has 0 unspecified atom stereocenters. The number of allylic oxidation sites excluding steroid dienone is 4. The standard InChI is InChI=1S/C30H24N2O5/c33-27-23-15-1-2-16(13-15)24(23)28(34)31(27)19-5-9-21(10-6-19)37-22-11-7-20(8-12-22)32-29(35)25-17-3-4-18(14-17)26(25)30(32)36/h1-12,15-18,23-26H,13-14H2/t15-,16+,17-,18+,23+,24-,25+,26-. The van der Waals surface area contributed by atoms with Crippen LogP contribution in [0.5, 0.6) is 11.5 Å². The van der Waals surface area contributed by atoms with Crippen LogP contribution in [0, 0.1) is 47.3 Å². The molecule has 7 nitrogen and oxygen atoms in total. The molecule has 2 aromatic carbocycles. The van der Waals surface area contributed by atoms with Crippen LogP contribution in [0.15, 0.2) is 72.8 Å². The van der Waals surface area contributed by atoms with Gasteiger partial charge in [-0.15, -0.1) is 0 Å². The first kappa shape index (κ1) is 21.1. The number of nitrogens with zero attached hydrogens (tertiary/aromatic N) is 2. The zero-order valence-corrected chi connectivity index (χ0v) is 19.9. The summed E-state index contributed by atoms with van der Waals surface area (Å²) in [5.41, 5.74) is 1.12. The first-order chi connectivity index (χ1) is 18.0. The van der Waals surface area contributed by atoms with Crippen molar-refractivity contribution < 1.29 is 23.9 Å². The first-order valence-corrected chi connectivity index (χ1v) is 13.0. The maximum atomic E-state index is 13.0. The van der Waals surface area contributed by atoms with E-state index in [9.17, 15) is 19.2 Å². The lowest BCUT2D eigenvalue weighted by molar-refractivity contribution is -0.124. The van der Waals surface area contributed by atoms with E-state index in [0.29, 0.717) is 22.9 Å². The van der Waals surface area contributed by atoms with Crippen molar-refractivity contribution in [2.45, 2.75) is 12.8 Å². The van der Waals surface area contributed by atoms with E-state index in [-0.39, 0.29) is 71.0 Å². The number of benzene rings is 2. The highest BCUT2D eigenvalue weighted by Crippen LogP contribution is 2.54. The Morgan fingerprint density at radius 2 is 0.784 bits per heavy atom. The molecule has 4 amide bonds. The van der Waals surface area contributed by atoms with Crippen LogP contribution < -0.4 is 14.5 Å². The van der Waals surface area contributed by atoms with Crippen LogP contribution in [-0.2, 0) is 19.2 Å². The maximum absolute atomic E-state index is 13.0. The highest BCUT2D eigenvalue weighted by Gasteiger charge is 2.60. The molecule has 2 saturated carbocycles. The fourth-order valence-electron chi connectivity index (χ4n) is 7.78. The minimum Gasteiger partial charge on any atom is -0.457 e. The van der Waals surface area contributed by atoms with Gasteiger partial charge < -0.3 is 4.74 Å². The van der Waals surface area contributed by atoms with Gasteiger partial charge in [0.15, 0.2) is 0 Å². The van der Waals surface area contributed by atoms with Crippen molar-refractivity contribution in [1.82, 2.24) is 0 Å². The molecule has 7 heteroatoms. The Balaban J connectivity index is 0.973. The Kier molecular flexibility index (Phi) is 4.15. The van der Waals surface area contributed by atoms with Crippen LogP contribution in [0.3, 0.4) is 0 Å². The predicted octanol–water partition coefficient (Wildman–Crippen LogP) is 4.10. The fraction of sp³-hybridized carbons (Fsp3) is 0.333. The number of carbonyl (C=O) groups excluding carboxylic acids is 4. The van der Waals surface area contributed by atoms with Gasteiger partial charge in [0.2, 0.25) is 23.6 Å². The molecule has 0 radical (unpaired) electrons. The molecule has 0 N–H and O–H groups in total. The van der Waals surface area contributed by atoms with Gasteiger partial charge in [0.1, 0.15) is 11.5 Å². The third kappa shape index (κ3) is 2.77. The quantitative estimate of drug-likeness (QED) is 0.474. The molecule has 6 aliphatic rings. The summed E-state index contributed by atoms with van der Waals surface area (Å²) in [6.45, 7) is 0. The Morgan fingerprint density at radius 1 is 0.486 bits per heavy atom. The van der Waals surface area contributed by atoms with Crippen molar-refractivity contribution >= 4 is 35.0 Å². The largest absolute Gasteiger partial charge is 0.457 e. The van der Waals surface area contributed by atoms with Crippen molar-refractivity contribution in [2.24, 2.45) is 47.3 Å². The van der Waals surface area contributed by atoms with Gasteiger partial charge in [-0.3, -0.25) is 29.0 Å². The molecule has 4 fully saturated rings. The zero-order chi connectivity index (χ0) is 25.0. The monoisotopic (exact) mass is 492 g/mol. The van der Waals surface area contributed by atoms with Crippen LogP contribution in [0.1, 0.15) is 12.8 Å². The Labute approximate surface area is 213 Å². The van der Waals surface area contributed by atoms with E-state index in [2.05, 4.69) is 24.3 Å². The second-order valence-corrected chi connectivity index (χ2v) is 11.1. The summed E-state index contributed by atoms with van der Waals surface area (Å²) in [4.78, 5) is 54.8. The number of carbonyl (C=O) groups is 4. The number of anilines is 2. The second-order valence-electron chi connectivity index (χ2n) is 11.1. The summed E-state index contributed by atoms with van der Waals surface area (Å²) >= 11 is 0. The van der Waals surface area contributed by atoms with Gasteiger partial charge in [0, 0.05) is 0 Å². The predicted molar refractivity (Wildman–Crippen MR) is 133 cm³/mol. The average molecular weight is 493 g/mol. The summed E-state index contributed by atoms with van der Waals surface area (Å²) in [6, 6.07) is 13.9. The van der Waals surface area contributed by atoms with Gasteiger partial charge in [-0.05, 0) is 85.0 Å². The van der Waals surface area contributed by atoms with E-state index >= 15 is 0 Å². The molecule has 4 aliphatic carbocycles. The number of amides is 4. The molecule has 8 atom stereocenters. The molecule has 2 heterocycles. The molecule has 8 rings (SSSR count). The lowest BCUT2D eigenvalue weighted by atomic mass is 9.85. The molecule has 37 heavy (non-hydrogen) atoms. The summed E-state index contributed by atoms with van der Waals surface area (Å²) < 4.78 is 5.96. The van der Waals surface area contributed by atoms with Crippen molar-refractivity contribution in [2.75, 3.05) is 9.80 Å². The van der Waals surface area contributed by atoms with Crippen LogP contribution in [0.25, 0.3) is 0 Å². The van der Waals surface area contributed by atoms with Crippen molar-refractivity contribution in [3.05, 3.63) is 72.8 Å². The van der Waals surface area contributed by atoms with Crippen molar-refractivity contribution in [3.8, 4) is 11.5 Å². The van der Waals surface area contributed by atoms with Gasteiger partial charge in [-0.2, -0.15) is 0 Å². The van der Waals surface area contributed by atoms with E-state index in [1.807, 2.05) is 0 Å². The molecule has 0 aromatic heterocycles. The highest BCUT2D eigenvalue weighted by atomic mass is 16.5. The van der Waals surface area contributed by atoms with E-state index in [1.54, 1.807) is 48.5 Å². The third-order valence-electron chi connectivity index (χ3n) is 9.37. The van der Waals surface area contributed by atoms with Gasteiger partial charge in [-0.25, -0.2) is 0 Å². The van der Waals surface area contributed by atoms with Crippen LogP contribution in [0.4, 0.5) is 11.4 Å². The van der Waals surface area contributed by atoms with Crippen LogP contribution >= 0.6 is 0 Å². The zero-order valence-electron chi connectivity index (χ0n) is 19.9. The van der Waals surface area contributed by atoms with Crippen LogP contribution in [-0.4, -0.2) is 23.6 Å². The number of fused-ring (bicyclic) bond motifs is 10. The number of hydrogen-bond donors (Lipinski definition) is 0. The third-order valence-corrected chi connectivity index (χ3v) is 9.37. The smallest absolute Gasteiger partial charge is 0.238 e. The van der Waals surface area contributed by atoms with Gasteiger partial charge in [0.25, 0.3) is 0 Å². The summed E-state index contributed by atoms with van der Waals surface area (Å²) in [5, 5.41) is 0. The molecule has 2 aliphatic heterocycles. The average Bonchev–Trinajstić information content (AvgIpc) is 3.74. The van der Waals surface area contributed by atoms with Gasteiger partial charge in [-0.1, -0.05) is 24.3 Å². The van der Waals surface area contributed by atoms with E-state index in [0.717, 1.165) is 12.8 Å². The highest BCUT2D eigenvalue weighted by molar-refractivity contribution is 6.23. The minimum absolute atomic E-state index is 0.102. The van der Waals surface area contributed by atoms with E-state index in [1.165, 1.54) is 9.80 Å². The maximum Gasteiger partial charge on any atom is 0.238 e. The lowest BCUT2D eigenvalue weighted by Crippen LogP contribution is -2.32. The molecule has 4 bridgehead atoms. The molecular weight excluding hydrogens is 468 g/mol. The molecular formula is C30H24N2O5. The first-order valence-electron chi connectivity index (χ1n) is 13.0. The van der Waals surface area contributed by atoms with Crippen LogP contribution in [0.2, 0.25) is 0 Å². The lowest BCUT2D eigenvalue weighted by Gasteiger charge is -2.18. The Morgan fingerprint density at radius 3 is 1.08 bits per heavy atom. The summed E-state index contributed by atoms with van der Waals surface area (Å²) in [6.07, 6.45) is 10.2. The number of imide groups is 2. The number of ether oxygens (including phenoxy) is 1. The molecule has 184 valence electrons. The summed E-state index contributed by atoms with van der Waals surface area (Å²) in [7, 11) is 0. The SMILES string of the molecule is O=C1[C@@H]2[C@H](C(=O)N1c1ccc(Oc3ccc(N4C(=O)[C@@H]5[C@H](C4=O)[C@H]4C=C[C@@H]5C4)cc3)cc1)[C@H]1C=C[C@@H]2C1. The second kappa shape index (κ2) is 7.28. The Hall–Kier alpha value is -4.00. The van der Waals surface area contributed by atoms with Crippen molar-refractivity contribution in [3.63, 3.8) is 0 Å². The normalized spacial score (nSPS) is 36.3. The number of hydrogen-bond acceptors (Lipinski definition) is 5. The molecule has 2 aromatic rings. The van der Waals surface area contributed by atoms with Crippen molar-refractivity contribution in [1.29, 1.82) is 0 Å². The molecule has 0 spiro atoms. The Bertz CT molecular complexity index is 1270. The van der Waals surface area contributed by atoms with Gasteiger partial charge in [0.05, 0.1) is 35.0 Å².